The highest BCUT2D eigenvalue weighted by Crippen LogP contribution is 2.28. The zero-order valence-corrected chi connectivity index (χ0v) is 7.81. The van der Waals surface area contributed by atoms with E-state index in [0.717, 1.165) is 24.8 Å². The number of halogens is 1. The SMILES string of the molecule is C#CCOC1C(=C)CCCC1Cl. The summed E-state index contributed by atoms with van der Waals surface area (Å²) >= 11 is 6.06. The van der Waals surface area contributed by atoms with Crippen LogP contribution in [-0.2, 0) is 4.74 Å². The summed E-state index contributed by atoms with van der Waals surface area (Å²) in [4.78, 5) is 0. The molecule has 0 spiro atoms. The van der Waals surface area contributed by atoms with Crippen LogP contribution in [0, 0.1) is 12.3 Å². The van der Waals surface area contributed by atoms with Crippen LogP contribution in [0.15, 0.2) is 12.2 Å². The Kier molecular flexibility index (Phi) is 3.65. The minimum absolute atomic E-state index is 0.0310. The zero-order chi connectivity index (χ0) is 8.97. The lowest BCUT2D eigenvalue weighted by molar-refractivity contribution is 0.0886. The summed E-state index contributed by atoms with van der Waals surface area (Å²) < 4.78 is 5.39. The molecule has 0 aromatic heterocycles. The van der Waals surface area contributed by atoms with Crippen LogP contribution in [0.25, 0.3) is 0 Å². The van der Waals surface area contributed by atoms with Crippen molar-refractivity contribution >= 4 is 11.6 Å². The molecule has 2 atom stereocenters. The van der Waals surface area contributed by atoms with Crippen LogP contribution in [0.2, 0.25) is 0 Å². The maximum absolute atomic E-state index is 6.06. The fourth-order valence-electron chi connectivity index (χ4n) is 1.43. The van der Waals surface area contributed by atoms with E-state index >= 15 is 0 Å². The molecule has 1 rings (SSSR count). The molecule has 1 saturated carbocycles. The van der Waals surface area contributed by atoms with Crippen LogP contribution in [0.1, 0.15) is 19.3 Å². The van der Waals surface area contributed by atoms with Crippen LogP contribution in [0.3, 0.4) is 0 Å². The van der Waals surface area contributed by atoms with Crippen molar-refractivity contribution in [3.63, 3.8) is 0 Å². The topological polar surface area (TPSA) is 9.23 Å². The van der Waals surface area contributed by atoms with E-state index in [4.69, 9.17) is 22.8 Å². The van der Waals surface area contributed by atoms with Gasteiger partial charge in [0, 0.05) is 0 Å². The Bertz CT molecular complexity index is 204. The first-order chi connectivity index (χ1) is 5.75. The van der Waals surface area contributed by atoms with Crippen molar-refractivity contribution in [1.29, 1.82) is 0 Å². The summed E-state index contributed by atoms with van der Waals surface area (Å²) in [5, 5.41) is 0.0552. The first-order valence-corrected chi connectivity index (χ1v) is 4.56. The smallest absolute Gasteiger partial charge is 0.108 e. The minimum atomic E-state index is -0.0310. The van der Waals surface area contributed by atoms with Gasteiger partial charge in [-0.3, -0.25) is 0 Å². The molecule has 2 unspecified atom stereocenters. The maximum atomic E-state index is 6.06. The summed E-state index contributed by atoms with van der Waals surface area (Å²) in [6, 6.07) is 0. The fourth-order valence-corrected chi connectivity index (χ4v) is 1.84. The molecule has 0 amide bonds. The predicted molar refractivity (Wildman–Crippen MR) is 51.2 cm³/mol. The van der Waals surface area contributed by atoms with E-state index in [0.29, 0.717) is 6.61 Å². The summed E-state index contributed by atoms with van der Waals surface area (Å²) in [6.07, 6.45) is 8.18. The Balaban J connectivity index is 2.46. The average Bonchev–Trinajstić information content (AvgIpc) is 2.04. The number of terminal acetylenes is 1. The largest absolute Gasteiger partial charge is 0.360 e. The van der Waals surface area contributed by atoms with Gasteiger partial charge in [0.15, 0.2) is 0 Å². The van der Waals surface area contributed by atoms with Crippen molar-refractivity contribution in [2.45, 2.75) is 30.7 Å². The highest BCUT2D eigenvalue weighted by molar-refractivity contribution is 6.21. The second-order valence-corrected chi connectivity index (χ2v) is 3.56. The summed E-state index contributed by atoms with van der Waals surface area (Å²) in [5.41, 5.74) is 1.08. The van der Waals surface area contributed by atoms with Crippen LogP contribution in [-0.4, -0.2) is 18.1 Å². The first-order valence-electron chi connectivity index (χ1n) is 4.12. The second kappa shape index (κ2) is 4.54. The Hall–Kier alpha value is -0.450. The fraction of sp³-hybridized carbons (Fsp3) is 0.600. The van der Waals surface area contributed by atoms with Gasteiger partial charge in [-0.15, -0.1) is 18.0 Å². The van der Waals surface area contributed by atoms with Crippen molar-refractivity contribution in [2.24, 2.45) is 0 Å². The average molecular weight is 185 g/mol. The van der Waals surface area contributed by atoms with Gasteiger partial charge in [0.05, 0.1) is 11.5 Å². The lowest BCUT2D eigenvalue weighted by atomic mass is 9.93. The van der Waals surface area contributed by atoms with E-state index in [-0.39, 0.29) is 11.5 Å². The van der Waals surface area contributed by atoms with Gasteiger partial charge in [0.1, 0.15) is 6.61 Å². The number of ether oxygens (including phenoxy) is 1. The van der Waals surface area contributed by atoms with Crippen molar-refractivity contribution < 1.29 is 4.74 Å². The lowest BCUT2D eigenvalue weighted by Crippen LogP contribution is -2.30. The van der Waals surface area contributed by atoms with Crippen molar-refractivity contribution in [3.8, 4) is 12.3 Å². The molecule has 0 N–H and O–H groups in total. The summed E-state index contributed by atoms with van der Waals surface area (Å²) in [6.45, 7) is 4.25. The molecule has 0 aliphatic heterocycles. The number of alkyl halides is 1. The van der Waals surface area contributed by atoms with Crippen molar-refractivity contribution in [2.75, 3.05) is 6.61 Å². The number of hydrogen-bond donors (Lipinski definition) is 0. The van der Waals surface area contributed by atoms with Crippen molar-refractivity contribution in [3.05, 3.63) is 12.2 Å². The van der Waals surface area contributed by atoms with Crippen LogP contribution < -0.4 is 0 Å². The molecule has 0 heterocycles. The van der Waals surface area contributed by atoms with Crippen LogP contribution >= 0.6 is 11.6 Å². The predicted octanol–water partition coefficient (Wildman–Crippen LogP) is 2.35. The molecule has 0 bridgehead atoms. The molecule has 1 aliphatic rings. The molecule has 0 saturated heterocycles. The van der Waals surface area contributed by atoms with E-state index in [1.807, 2.05) is 0 Å². The quantitative estimate of drug-likeness (QED) is 0.364. The third-order valence-corrected chi connectivity index (χ3v) is 2.50. The Morgan fingerprint density at radius 3 is 3.08 bits per heavy atom. The Morgan fingerprint density at radius 1 is 1.75 bits per heavy atom. The summed E-state index contributed by atoms with van der Waals surface area (Å²) in [5.74, 6) is 2.43. The number of rotatable bonds is 2. The van der Waals surface area contributed by atoms with Gasteiger partial charge in [0.2, 0.25) is 0 Å². The van der Waals surface area contributed by atoms with Crippen LogP contribution in [0.4, 0.5) is 0 Å². The molecule has 1 aliphatic carbocycles. The molecule has 1 fully saturated rings. The molecule has 2 heteroatoms. The maximum Gasteiger partial charge on any atom is 0.108 e. The van der Waals surface area contributed by atoms with Crippen LogP contribution in [0.5, 0.6) is 0 Å². The molecular weight excluding hydrogens is 172 g/mol. The highest BCUT2D eigenvalue weighted by atomic mass is 35.5. The van der Waals surface area contributed by atoms with Crippen molar-refractivity contribution in [1.82, 2.24) is 0 Å². The van der Waals surface area contributed by atoms with E-state index < -0.39 is 0 Å². The lowest BCUT2D eigenvalue weighted by Gasteiger charge is -2.28. The van der Waals surface area contributed by atoms with Gasteiger partial charge in [0.25, 0.3) is 0 Å². The van der Waals surface area contributed by atoms with E-state index in [9.17, 15) is 0 Å². The van der Waals surface area contributed by atoms with Gasteiger partial charge >= 0.3 is 0 Å². The monoisotopic (exact) mass is 184 g/mol. The standard InChI is InChI=1S/C10H13ClO/c1-3-7-12-10-8(2)5-4-6-9(10)11/h1,9-10H,2,4-7H2. The Labute approximate surface area is 78.7 Å². The van der Waals surface area contributed by atoms with E-state index in [1.54, 1.807) is 0 Å². The number of hydrogen-bond acceptors (Lipinski definition) is 1. The highest BCUT2D eigenvalue weighted by Gasteiger charge is 2.26. The zero-order valence-electron chi connectivity index (χ0n) is 7.05. The van der Waals surface area contributed by atoms with E-state index in [2.05, 4.69) is 12.5 Å². The minimum Gasteiger partial charge on any atom is -0.360 e. The molecular formula is C10H13ClO. The third-order valence-electron chi connectivity index (χ3n) is 2.05. The third kappa shape index (κ3) is 2.27. The molecule has 0 radical (unpaired) electrons. The van der Waals surface area contributed by atoms with Gasteiger partial charge in [-0.2, -0.15) is 0 Å². The molecule has 1 nitrogen and oxygen atoms in total. The molecule has 0 aromatic carbocycles. The first kappa shape index (κ1) is 9.64. The molecule has 66 valence electrons. The summed E-state index contributed by atoms with van der Waals surface area (Å²) in [7, 11) is 0. The van der Waals surface area contributed by atoms with Gasteiger partial charge in [-0.05, 0) is 24.8 Å². The molecule has 12 heavy (non-hydrogen) atoms. The van der Waals surface area contributed by atoms with Gasteiger partial charge in [-0.1, -0.05) is 12.5 Å². The van der Waals surface area contributed by atoms with E-state index in [1.165, 1.54) is 0 Å². The Morgan fingerprint density at radius 2 is 2.50 bits per heavy atom. The normalized spacial score (nSPS) is 29.8. The van der Waals surface area contributed by atoms with Gasteiger partial charge in [-0.25, -0.2) is 0 Å². The van der Waals surface area contributed by atoms with Gasteiger partial charge < -0.3 is 4.74 Å². The molecule has 0 aromatic rings. The second-order valence-electron chi connectivity index (χ2n) is 3.00.